The predicted molar refractivity (Wildman–Crippen MR) is 100 cm³/mol. The molecule has 27 heavy (non-hydrogen) atoms. The molecule has 0 spiro atoms. The lowest BCUT2D eigenvalue weighted by atomic mass is 10.0. The minimum atomic E-state index is -0.596. The molecule has 0 bridgehead atoms. The summed E-state index contributed by atoms with van der Waals surface area (Å²) in [6, 6.07) is 16.5. The minimum Gasteiger partial charge on any atom is -0.423 e. The molecule has 0 saturated carbocycles. The summed E-state index contributed by atoms with van der Waals surface area (Å²) in [6.45, 7) is 2.32. The molecule has 1 heterocycles. The van der Waals surface area contributed by atoms with E-state index in [1.54, 1.807) is 6.07 Å². The van der Waals surface area contributed by atoms with Gasteiger partial charge >= 0.3 is 5.63 Å². The van der Waals surface area contributed by atoms with E-state index < -0.39 is 17.3 Å². The zero-order valence-corrected chi connectivity index (χ0v) is 14.7. The van der Waals surface area contributed by atoms with Gasteiger partial charge in [0.2, 0.25) is 0 Å². The van der Waals surface area contributed by atoms with Crippen molar-refractivity contribution in [1.82, 2.24) is 0 Å². The van der Waals surface area contributed by atoms with Crippen LogP contribution in [0.3, 0.4) is 0 Å². The Balaban J connectivity index is 1.73. The number of hydrogen-bond donors (Lipinski definition) is 1. The second kappa shape index (κ2) is 6.93. The Kier molecular flexibility index (Phi) is 4.46. The van der Waals surface area contributed by atoms with Crippen LogP contribution in [0.15, 0.2) is 69.9 Å². The molecule has 4 rings (SSSR count). The summed E-state index contributed by atoms with van der Waals surface area (Å²) >= 11 is 0. The molecule has 0 amide bonds. The summed E-state index contributed by atoms with van der Waals surface area (Å²) in [6.07, 6.45) is 0. The van der Waals surface area contributed by atoms with Crippen molar-refractivity contribution in [2.45, 2.75) is 19.5 Å². The SMILES string of the molecule is C[C@@H]([NH2+]Cc1cc(=O)oc2ccc3ccccc3c12)c1ccc(F)cc1F. The third-order valence-electron chi connectivity index (χ3n) is 4.86. The highest BCUT2D eigenvalue weighted by molar-refractivity contribution is 6.06. The number of halogens is 2. The zero-order chi connectivity index (χ0) is 19.0. The largest absolute Gasteiger partial charge is 0.423 e. The summed E-state index contributed by atoms with van der Waals surface area (Å²) in [5.41, 5.74) is 1.37. The number of fused-ring (bicyclic) bond motifs is 3. The molecular formula is C22H18F2NO2+. The van der Waals surface area contributed by atoms with Crippen molar-refractivity contribution in [2.75, 3.05) is 0 Å². The van der Waals surface area contributed by atoms with Crippen LogP contribution in [-0.4, -0.2) is 0 Å². The normalized spacial score (nSPS) is 12.6. The first-order valence-electron chi connectivity index (χ1n) is 8.75. The average molecular weight is 366 g/mol. The van der Waals surface area contributed by atoms with Gasteiger partial charge < -0.3 is 9.73 Å². The van der Waals surface area contributed by atoms with E-state index in [1.165, 1.54) is 18.2 Å². The summed E-state index contributed by atoms with van der Waals surface area (Å²) in [4.78, 5) is 12.0. The molecule has 1 atom stereocenters. The maximum absolute atomic E-state index is 14.0. The first-order valence-corrected chi connectivity index (χ1v) is 8.75. The highest BCUT2D eigenvalue weighted by Gasteiger charge is 2.16. The summed E-state index contributed by atoms with van der Waals surface area (Å²) in [7, 11) is 0. The Morgan fingerprint density at radius 2 is 1.85 bits per heavy atom. The van der Waals surface area contributed by atoms with Crippen molar-refractivity contribution < 1.29 is 18.5 Å². The first-order chi connectivity index (χ1) is 13.0. The molecule has 1 aromatic heterocycles. The monoisotopic (exact) mass is 366 g/mol. The van der Waals surface area contributed by atoms with Gasteiger partial charge in [-0.2, -0.15) is 0 Å². The van der Waals surface area contributed by atoms with Crippen LogP contribution in [0.4, 0.5) is 8.78 Å². The molecule has 0 aliphatic rings. The van der Waals surface area contributed by atoms with E-state index in [0.29, 0.717) is 17.7 Å². The van der Waals surface area contributed by atoms with Crippen molar-refractivity contribution in [3.8, 4) is 0 Å². The lowest BCUT2D eigenvalue weighted by Crippen LogP contribution is -2.83. The van der Waals surface area contributed by atoms with E-state index in [1.807, 2.05) is 42.6 Å². The summed E-state index contributed by atoms with van der Waals surface area (Å²) in [5.74, 6) is -1.16. The van der Waals surface area contributed by atoms with Crippen LogP contribution >= 0.6 is 0 Å². The fraction of sp³-hybridized carbons (Fsp3) is 0.136. The van der Waals surface area contributed by atoms with E-state index in [-0.39, 0.29) is 6.04 Å². The molecule has 0 radical (unpaired) electrons. The highest BCUT2D eigenvalue weighted by atomic mass is 19.1. The number of hydrogen-bond acceptors (Lipinski definition) is 2. The van der Waals surface area contributed by atoms with Gasteiger partial charge in [-0.25, -0.2) is 13.6 Å². The quantitative estimate of drug-likeness (QED) is 0.438. The Bertz CT molecular complexity index is 1200. The van der Waals surface area contributed by atoms with Crippen molar-refractivity contribution in [3.05, 3.63) is 93.8 Å². The third kappa shape index (κ3) is 3.34. The molecule has 0 saturated heterocycles. The van der Waals surface area contributed by atoms with Crippen LogP contribution in [0, 0.1) is 11.6 Å². The topological polar surface area (TPSA) is 46.8 Å². The molecular weight excluding hydrogens is 348 g/mol. The molecule has 3 nitrogen and oxygen atoms in total. The summed E-state index contributed by atoms with van der Waals surface area (Å²) in [5, 5.41) is 4.86. The number of quaternary nitrogens is 1. The first kappa shape index (κ1) is 17.4. The van der Waals surface area contributed by atoms with Crippen LogP contribution in [-0.2, 0) is 6.54 Å². The molecule has 5 heteroatoms. The van der Waals surface area contributed by atoms with Crippen LogP contribution < -0.4 is 10.9 Å². The van der Waals surface area contributed by atoms with Gasteiger partial charge in [0, 0.05) is 28.6 Å². The van der Waals surface area contributed by atoms with Gasteiger partial charge in [0.25, 0.3) is 0 Å². The molecule has 0 fully saturated rings. The van der Waals surface area contributed by atoms with Gasteiger partial charge in [-0.1, -0.05) is 30.3 Å². The van der Waals surface area contributed by atoms with Gasteiger partial charge in [-0.05, 0) is 35.9 Å². The lowest BCUT2D eigenvalue weighted by Gasteiger charge is -2.13. The van der Waals surface area contributed by atoms with E-state index in [0.717, 1.165) is 27.8 Å². The minimum absolute atomic E-state index is 0.233. The number of nitrogens with two attached hydrogens (primary N) is 1. The van der Waals surface area contributed by atoms with E-state index in [4.69, 9.17) is 4.42 Å². The molecule has 4 aromatic rings. The summed E-state index contributed by atoms with van der Waals surface area (Å²) < 4.78 is 32.5. The number of benzene rings is 3. The maximum atomic E-state index is 14.0. The van der Waals surface area contributed by atoms with Crippen molar-refractivity contribution in [2.24, 2.45) is 0 Å². The van der Waals surface area contributed by atoms with Gasteiger partial charge in [-0.3, -0.25) is 0 Å². The average Bonchev–Trinajstić information content (AvgIpc) is 2.65. The van der Waals surface area contributed by atoms with Crippen LogP contribution in [0.25, 0.3) is 21.7 Å². The van der Waals surface area contributed by atoms with Gasteiger partial charge in [-0.15, -0.1) is 0 Å². The van der Waals surface area contributed by atoms with Gasteiger partial charge in [0.05, 0.1) is 0 Å². The van der Waals surface area contributed by atoms with Crippen molar-refractivity contribution in [1.29, 1.82) is 0 Å². The fourth-order valence-electron chi connectivity index (χ4n) is 3.48. The highest BCUT2D eigenvalue weighted by Crippen LogP contribution is 2.27. The van der Waals surface area contributed by atoms with Crippen LogP contribution in [0.5, 0.6) is 0 Å². The Hall–Kier alpha value is -3.05. The maximum Gasteiger partial charge on any atom is 0.336 e. The molecule has 136 valence electrons. The van der Waals surface area contributed by atoms with Crippen molar-refractivity contribution in [3.63, 3.8) is 0 Å². The molecule has 0 unspecified atom stereocenters. The lowest BCUT2D eigenvalue weighted by molar-refractivity contribution is -0.708. The number of rotatable bonds is 4. The molecule has 3 aromatic carbocycles. The smallest absolute Gasteiger partial charge is 0.336 e. The van der Waals surface area contributed by atoms with Crippen LogP contribution in [0.2, 0.25) is 0 Å². The Morgan fingerprint density at radius 3 is 2.67 bits per heavy atom. The molecule has 2 N–H and O–H groups in total. The van der Waals surface area contributed by atoms with E-state index >= 15 is 0 Å². The molecule has 0 aliphatic carbocycles. The predicted octanol–water partition coefficient (Wildman–Crippen LogP) is 4.05. The Labute approximate surface area is 154 Å². The van der Waals surface area contributed by atoms with E-state index in [2.05, 4.69) is 0 Å². The van der Waals surface area contributed by atoms with Gasteiger partial charge in [0.15, 0.2) is 0 Å². The molecule has 0 aliphatic heterocycles. The third-order valence-corrected chi connectivity index (χ3v) is 4.86. The van der Waals surface area contributed by atoms with E-state index in [9.17, 15) is 13.6 Å². The second-order valence-corrected chi connectivity index (χ2v) is 6.64. The van der Waals surface area contributed by atoms with Crippen molar-refractivity contribution >= 4 is 21.7 Å². The van der Waals surface area contributed by atoms with Gasteiger partial charge in [0.1, 0.15) is 29.8 Å². The zero-order valence-electron chi connectivity index (χ0n) is 14.7. The van der Waals surface area contributed by atoms with Crippen LogP contribution in [0.1, 0.15) is 24.1 Å². The standard InChI is InChI=1S/C22H17F2NO2/c1-13(17-8-7-16(23)11-19(17)24)25-12-15-10-21(26)27-20-9-6-14-4-2-3-5-18(14)22(15)20/h2-11,13,25H,12H2,1H3/p+1/t13-/m1/s1. The second-order valence-electron chi connectivity index (χ2n) is 6.64. The Morgan fingerprint density at radius 1 is 1.04 bits per heavy atom. The fourth-order valence-corrected chi connectivity index (χ4v) is 3.48.